The molecule has 66 valence electrons. The van der Waals surface area contributed by atoms with Crippen molar-refractivity contribution in [1.29, 1.82) is 0 Å². The topological polar surface area (TPSA) is 0 Å². The monoisotopic (exact) mass is 184 g/mol. The molecule has 0 aliphatic carbocycles. The van der Waals surface area contributed by atoms with E-state index in [-0.39, 0.29) is 5.92 Å². The summed E-state index contributed by atoms with van der Waals surface area (Å²) in [6.45, 7) is 1.89. The summed E-state index contributed by atoms with van der Waals surface area (Å²) in [7, 11) is 0. The van der Waals surface area contributed by atoms with Crippen LogP contribution in [0.2, 0.25) is 0 Å². The third kappa shape index (κ3) is 2.58. The van der Waals surface area contributed by atoms with E-state index in [9.17, 15) is 13.2 Å². The van der Waals surface area contributed by atoms with E-state index in [1.165, 1.54) is 0 Å². The van der Waals surface area contributed by atoms with Gasteiger partial charge in [0.25, 0.3) is 0 Å². The van der Waals surface area contributed by atoms with Crippen LogP contribution in [0.3, 0.4) is 0 Å². The lowest BCUT2D eigenvalue weighted by Crippen LogP contribution is -2.30. The maximum Gasteiger partial charge on any atom is 0.400 e. The van der Waals surface area contributed by atoms with Crippen LogP contribution in [0, 0.1) is 5.92 Å². The number of alkyl halides is 3. The minimum atomic E-state index is -3.99. The van der Waals surface area contributed by atoms with Crippen molar-refractivity contribution in [1.82, 2.24) is 0 Å². The Bertz CT molecular complexity index is 132. The van der Waals surface area contributed by atoms with Crippen molar-refractivity contribution in [2.75, 3.05) is 5.75 Å². The molecule has 4 heteroatoms. The molecular formula is C7H11F3S. The van der Waals surface area contributed by atoms with Crippen LogP contribution in [0.15, 0.2) is 0 Å². The first-order valence-corrected chi connectivity index (χ1v) is 4.73. The van der Waals surface area contributed by atoms with Gasteiger partial charge in [-0.3, -0.25) is 0 Å². The van der Waals surface area contributed by atoms with Crippen LogP contribution in [0.1, 0.15) is 19.8 Å². The van der Waals surface area contributed by atoms with Crippen LogP contribution >= 0.6 is 11.8 Å². The first-order chi connectivity index (χ1) is 5.00. The van der Waals surface area contributed by atoms with Gasteiger partial charge >= 0.3 is 6.18 Å². The molecular weight excluding hydrogens is 173 g/mol. The van der Waals surface area contributed by atoms with Crippen molar-refractivity contribution >= 4 is 11.8 Å². The Labute approximate surface area is 68.5 Å². The van der Waals surface area contributed by atoms with Gasteiger partial charge in [0.2, 0.25) is 0 Å². The number of rotatable bonds is 0. The molecule has 0 amide bonds. The van der Waals surface area contributed by atoms with Crippen LogP contribution in [0.5, 0.6) is 0 Å². The predicted molar refractivity (Wildman–Crippen MR) is 40.7 cm³/mol. The molecule has 1 aliphatic heterocycles. The molecule has 1 aliphatic rings. The van der Waals surface area contributed by atoms with Crippen molar-refractivity contribution in [2.24, 2.45) is 5.92 Å². The Hall–Kier alpha value is 0.140. The maximum absolute atomic E-state index is 12.1. The number of halogens is 3. The molecule has 2 atom stereocenters. The largest absolute Gasteiger partial charge is 0.400 e. The van der Waals surface area contributed by atoms with Gasteiger partial charge in [0, 0.05) is 0 Å². The molecule has 0 aromatic heterocycles. The maximum atomic E-state index is 12.1. The van der Waals surface area contributed by atoms with Crippen LogP contribution in [-0.2, 0) is 0 Å². The fourth-order valence-electron chi connectivity index (χ4n) is 1.19. The molecule has 0 radical (unpaired) electrons. The second-order valence-corrected chi connectivity index (χ2v) is 4.34. The fraction of sp³-hybridized carbons (Fsp3) is 1.00. The minimum absolute atomic E-state index is 0.239. The number of thioether (sulfide) groups is 1. The molecule has 1 fully saturated rings. The van der Waals surface area contributed by atoms with E-state index < -0.39 is 11.4 Å². The molecule has 1 heterocycles. The van der Waals surface area contributed by atoms with Crippen LogP contribution in [-0.4, -0.2) is 17.2 Å². The molecule has 2 unspecified atom stereocenters. The van der Waals surface area contributed by atoms with E-state index in [4.69, 9.17) is 0 Å². The van der Waals surface area contributed by atoms with E-state index in [1.54, 1.807) is 0 Å². The highest BCUT2D eigenvalue weighted by molar-refractivity contribution is 8.00. The fourth-order valence-corrected chi connectivity index (χ4v) is 2.67. The van der Waals surface area contributed by atoms with Gasteiger partial charge in [-0.15, -0.1) is 11.8 Å². The Morgan fingerprint density at radius 3 is 2.36 bits per heavy atom. The van der Waals surface area contributed by atoms with Gasteiger partial charge in [0.05, 0.1) is 0 Å². The zero-order valence-corrected chi connectivity index (χ0v) is 7.13. The second kappa shape index (κ2) is 3.25. The number of hydrogen-bond donors (Lipinski definition) is 0. The highest BCUT2D eigenvalue weighted by atomic mass is 32.2. The molecule has 1 rings (SSSR count). The average molecular weight is 184 g/mol. The van der Waals surface area contributed by atoms with Crippen LogP contribution in [0.4, 0.5) is 13.2 Å². The third-order valence-corrected chi connectivity index (χ3v) is 3.24. The summed E-state index contributed by atoms with van der Waals surface area (Å²) < 4.78 is 36.3. The molecule has 1 saturated heterocycles. The summed E-state index contributed by atoms with van der Waals surface area (Å²) in [4.78, 5) is 0. The Balaban J connectivity index is 2.46. The molecule has 11 heavy (non-hydrogen) atoms. The quantitative estimate of drug-likeness (QED) is 0.557. The average Bonchev–Trinajstić information content (AvgIpc) is 1.86. The molecule has 0 aromatic rings. The highest BCUT2D eigenvalue weighted by Crippen LogP contribution is 2.39. The van der Waals surface area contributed by atoms with Gasteiger partial charge < -0.3 is 0 Å². The van der Waals surface area contributed by atoms with E-state index in [1.807, 2.05) is 6.92 Å². The van der Waals surface area contributed by atoms with Crippen molar-refractivity contribution in [2.45, 2.75) is 31.2 Å². The van der Waals surface area contributed by atoms with E-state index >= 15 is 0 Å². The molecule has 0 bridgehead atoms. The minimum Gasteiger partial charge on any atom is -0.170 e. The Kier molecular flexibility index (Phi) is 2.73. The normalized spacial score (nSPS) is 33.8. The van der Waals surface area contributed by atoms with Gasteiger partial charge in [0.15, 0.2) is 0 Å². The summed E-state index contributed by atoms with van der Waals surface area (Å²) in [6.07, 6.45) is -2.76. The lowest BCUT2D eigenvalue weighted by molar-refractivity contribution is -0.132. The van der Waals surface area contributed by atoms with Crippen molar-refractivity contribution in [3.05, 3.63) is 0 Å². The van der Waals surface area contributed by atoms with Crippen molar-refractivity contribution in [3.8, 4) is 0 Å². The lowest BCUT2D eigenvalue weighted by atomic mass is 10.0. The van der Waals surface area contributed by atoms with Gasteiger partial charge in [-0.05, 0) is 24.5 Å². The van der Waals surface area contributed by atoms with Crippen LogP contribution in [0.25, 0.3) is 0 Å². The molecule has 0 saturated carbocycles. The zero-order chi connectivity index (χ0) is 8.48. The predicted octanol–water partition coefficient (Wildman–Crippen LogP) is 3.08. The number of hydrogen-bond acceptors (Lipinski definition) is 1. The summed E-state index contributed by atoms with van der Waals surface area (Å²) in [6, 6.07) is 0. The van der Waals surface area contributed by atoms with Gasteiger partial charge in [-0.2, -0.15) is 13.2 Å². The zero-order valence-electron chi connectivity index (χ0n) is 6.32. The summed E-state index contributed by atoms with van der Waals surface area (Å²) >= 11 is 1.05. The standard InChI is InChI=1S/C7H11F3S/c1-5-2-3-11-6(4-5)7(8,9)10/h5-6H,2-4H2,1H3. The summed E-state index contributed by atoms with van der Waals surface area (Å²) in [5, 5.41) is -1.11. The lowest BCUT2D eigenvalue weighted by Gasteiger charge is -2.27. The van der Waals surface area contributed by atoms with Gasteiger partial charge in [-0.1, -0.05) is 6.92 Å². The Morgan fingerprint density at radius 2 is 2.00 bits per heavy atom. The summed E-state index contributed by atoms with van der Waals surface area (Å²) in [5.41, 5.74) is 0. The van der Waals surface area contributed by atoms with E-state index in [0.717, 1.165) is 18.2 Å². The van der Waals surface area contributed by atoms with Crippen molar-refractivity contribution < 1.29 is 13.2 Å². The summed E-state index contributed by atoms with van der Waals surface area (Å²) in [5.74, 6) is 0.897. The second-order valence-electron chi connectivity index (χ2n) is 3.03. The molecule has 0 nitrogen and oxygen atoms in total. The smallest absolute Gasteiger partial charge is 0.170 e. The molecule has 0 aromatic carbocycles. The van der Waals surface area contributed by atoms with Crippen LogP contribution < -0.4 is 0 Å². The van der Waals surface area contributed by atoms with Gasteiger partial charge in [0.1, 0.15) is 5.25 Å². The first kappa shape index (κ1) is 9.23. The van der Waals surface area contributed by atoms with E-state index in [2.05, 4.69) is 0 Å². The first-order valence-electron chi connectivity index (χ1n) is 3.68. The van der Waals surface area contributed by atoms with Gasteiger partial charge in [-0.25, -0.2) is 0 Å². The van der Waals surface area contributed by atoms with E-state index in [0.29, 0.717) is 12.2 Å². The Morgan fingerprint density at radius 1 is 1.36 bits per heavy atom. The molecule has 0 spiro atoms. The third-order valence-electron chi connectivity index (χ3n) is 1.91. The van der Waals surface area contributed by atoms with Crippen molar-refractivity contribution in [3.63, 3.8) is 0 Å². The molecule has 0 N–H and O–H groups in total. The highest BCUT2D eigenvalue weighted by Gasteiger charge is 2.41. The SMILES string of the molecule is CC1CCSC(C(F)(F)F)C1.